The Balaban J connectivity index is 1.71. The molecule has 5 heteroatoms. The van der Waals surface area contributed by atoms with Crippen molar-refractivity contribution >= 4 is 27.7 Å². The molecule has 4 aromatic rings. The molecule has 0 radical (unpaired) electrons. The van der Waals surface area contributed by atoms with Gasteiger partial charge in [0.05, 0.1) is 18.0 Å². The van der Waals surface area contributed by atoms with E-state index in [0.717, 1.165) is 11.0 Å². The molecule has 0 saturated heterocycles. The average Bonchev–Trinajstić information content (AvgIpc) is 3.11. The fourth-order valence-corrected chi connectivity index (χ4v) is 3.23. The minimum absolute atomic E-state index is 0.0201. The molecule has 5 nitrogen and oxygen atoms in total. The van der Waals surface area contributed by atoms with Crippen molar-refractivity contribution in [2.45, 2.75) is 25.9 Å². The summed E-state index contributed by atoms with van der Waals surface area (Å²) in [6.07, 6.45) is 6.19. The summed E-state index contributed by atoms with van der Waals surface area (Å²) in [5, 5.41) is 5.53. The highest BCUT2D eigenvalue weighted by molar-refractivity contribution is 5.83. The fraction of sp³-hybridized carbons (Fsp3) is 0.190. The van der Waals surface area contributed by atoms with E-state index >= 15 is 0 Å². The van der Waals surface area contributed by atoms with Crippen LogP contribution in [0.3, 0.4) is 0 Å². The first-order valence-corrected chi connectivity index (χ1v) is 8.78. The summed E-state index contributed by atoms with van der Waals surface area (Å²) >= 11 is 0. The van der Waals surface area contributed by atoms with Gasteiger partial charge in [-0.15, -0.1) is 0 Å². The smallest absolute Gasteiger partial charge is 0.221 e. The third-order valence-electron chi connectivity index (χ3n) is 4.60. The second-order valence-corrected chi connectivity index (χ2v) is 6.34. The molecule has 0 fully saturated rings. The molecular weight excluding hydrogens is 324 g/mol. The highest BCUT2D eigenvalue weighted by atomic mass is 16.1. The fourth-order valence-electron chi connectivity index (χ4n) is 3.23. The molecule has 26 heavy (non-hydrogen) atoms. The quantitative estimate of drug-likeness (QED) is 0.598. The molecule has 0 bridgehead atoms. The number of benzene rings is 2. The monoisotopic (exact) mass is 344 g/mol. The molecule has 130 valence electrons. The van der Waals surface area contributed by atoms with Crippen molar-refractivity contribution < 1.29 is 4.79 Å². The number of amides is 1. The summed E-state index contributed by atoms with van der Waals surface area (Å²) in [4.78, 5) is 20.6. The summed E-state index contributed by atoms with van der Waals surface area (Å²) < 4.78 is 2.01. The maximum absolute atomic E-state index is 12.1. The SMILES string of the molecule is CCC(=O)NC(Cc1ccc2ccccc2c1)n1cnc2cnccc21. The normalized spacial score (nSPS) is 12.3. The summed E-state index contributed by atoms with van der Waals surface area (Å²) in [5.41, 5.74) is 2.95. The molecule has 0 aliphatic carbocycles. The lowest BCUT2D eigenvalue weighted by atomic mass is 10.0. The second-order valence-electron chi connectivity index (χ2n) is 6.34. The number of hydrogen-bond donors (Lipinski definition) is 1. The Bertz CT molecular complexity index is 1070. The number of nitrogens with zero attached hydrogens (tertiary/aromatic N) is 3. The van der Waals surface area contributed by atoms with Gasteiger partial charge in [0.15, 0.2) is 0 Å². The number of aromatic nitrogens is 3. The van der Waals surface area contributed by atoms with Gasteiger partial charge in [0.2, 0.25) is 5.91 Å². The summed E-state index contributed by atoms with van der Waals surface area (Å²) in [6, 6.07) is 16.6. The Hall–Kier alpha value is -3.21. The van der Waals surface area contributed by atoms with Crippen LogP contribution in [-0.4, -0.2) is 20.4 Å². The van der Waals surface area contributed by atoms with Crippen molar-refractivity contribution in [3.8, 4) is 0 Å². The standard InChI is InChI=1S/C21H20N4O/c1-2-21(26)24-20(25-14-23-18-13-22-10-9-19(18)25)12-15-7-8-16-5-3-4-6-17(16)11-15/h3-11,13-14,20H,2,12H2,1H3,(H,24,26). The van der Waals surface area contributed by atoms with Gasteiger partial charge in [-0.1, -0.05) is 49.4 Å². The summed E-state index contributed by atoms with van der Waals surface area (Å²) in [6.45, 7) is 1.86. The van der Waals surface area contributed by atoms with Crippen LogP contribution in [0.4, 0.5) is 0 Å². The van der Waals surface area contributed by atoms with E-state index in [2.05, 4.69) is 45.6 Å². The van der Waals surface area contributed by atoms with Crippen LogP contribution >= 0.6 is 0 Å². The average molecular weight is 344 g/mol. The highest BCUT2D eigenvalue weighted by Gasteiger charge is 2.17. The van der Waals surface area contributed by atoms with Gasteiger partial charge in [-0.2, -0.15) is 0 Å². The van der Waals surface area contributed by atoms with Gasteiger partial charge in [-0.3, -0.25) is 9.78 Å². The van der Waals surface area contributed by atoms with Crippen LogP contribution in [0.25, 0.3) is 21.8 Å². The molecule has 0 aliphatic heterocycles. The third kappa shape index (κ3) is 3.16. The summed E-state index contributed by atoms with van der Waals surface area (Å²) in [7, 11) is 0. The minimum Gasteiger partial charge on any atom is -0.335 e. The number of fused-ring (bicyclic) bond motifs is 2. The van der Waals surface area contributed by atoms with Gasteiger partial charge in [-0.05, 0) is 22.4 Å². The lowest BCUT2D eigenvalue weighted by Gasteiger charge is -2.21. The predicted octanol–water partition coefficient (Wildman–Crippen LogP) is 3.85. The minimum atomic E-state index is -0.198. The lowest BCUT2D eigenvalue weighted by molar-refractivity contribution is -0.122. The van der Waals surface area contributed by atoms with E-state index in [9.17, 15) is 4.79 Å². The molecule has 1 N–H and O–H groups in total. The van der Waals surface area contributed by atoms with Crippen LogP contribution in [0.2, 0.25) is 0 Å². The number of carbonyl (C=O) groups is 1. The van der Waals surface area contributed by atoms with Crippen LogP contribution in [0, 0.1) is 0 Å². The third-order valence-corrected chi connectivity index (χ3v) is 4.60. The number of nitrogens with one attached hydrogen (secondary N) is 1. The van der Waals surface area contributed by atoms with Gasteiger partial charge in [0.1, 0.15) is 11.7 Å². The van der Waals surface area contributed by atoms with E-state index in [-0.39, 0.29) is 12.1 Å². The molecule has 2 aromatic carbocycles. The van der Waals surface area contributed by atoms with E-state index in [1.807, 2.05) is 29.7 Å². The van der Waals surface area contributed by atoms with Crippen LogP contribution in [0.1, 0.15) is 25.1 Å². The molecule has 0 saturated carbocycles. The van der Waals surface area contributed by atoms with E-state index in [4.69, 9.17) is 0 Å². The molecule has 1 atom stereocenters. The van der Waals surface area contributed by atoms with Crippen LogP contribution in [-0.2, 0) is 11.2 Å². The maximum Gasteiger partial charge on any atom is 0.221 e. The largest absolute Gasteiger partial charge is 0.335 e. The number of pyridine rings is 1. The van der Waals surface area contributed by atoms with Crippen molar-refractivity contribution in [1.29, 1.82) is 0 Å². The summed E-state index contributed by atoms with van der Waals surface area (Å²) in [5.74, 6) is 0.0201. The zero-order valence-electron chi connectivity index (χ0n) is 14.6. The Labute approximate surface area is 151 Å². The molecule has 4 rings (SSSR count). The first-order valence-electron chi connectivity index (χ1n) is 8.78. The zero-order valence-corrected chi connectivity index (χ0v) is 14.6. The Morgan fingerprint density at radius 2 is 2.00 bits per heavy atom. The van der Waals surface area contributed by atoms with Crippen molar-refractivity contribution in [2.75, 3.05) is 0 Å². The molecule has 0 spiro atoms. The van der Waals surface area contributed by atoms with Crippen molar-refractivity contribution in [3.63, 3.8) is 0 Å². The molecule has 2 aromatic heterocycles. The molecule has 1 unspecified atom stereocenters. The van der Waals surface area contributed by atoms with Gasteiger partial charge in [0.25, 0.3) is 0 Å². The van der Waals surface area contributed by atoms with Crippen molar-refractivity contribution in [3.05, 3.63) is 72.8 Å². The Morgan fingerprint density at radius 3 is 2.85 bits per heavy atom. The van der Waals surface area contributed by atoms with Gasteiger partial charge in [-0.25, -0.2) is 4.98 Å². The predicted molar refractivity (Wildman–Crippen MR) is 103 cm³/mol. The number of carbonyl (C=O) groups excluding carboxylic acids is 1. The molecule has 2 heterocycles. The van der Waals surface area contributed by atoms with Crippen molar-refractivity contribution in [2.24, 2.45) is 0 Å². The molecule has 1 amide bonds. The number of imidazole rings is 1. The topological polar surface area (TPSA) is 59.8 Å². The number of rotatable bonds is 5. The lowest BCUT2D eigenvalue weighted by Crippen LogP contribution is -2.33. The van der Waals surface area contributed by atoms with Gasteiger partial charge < -0.3 is 9.88 Å². The maximum atomic E-state index is 12.1. The zero-order chi connectivity index (χ0) is 17.9. The van der Waals surface area contributed by atoms with E-state index in [0.29, 0.717) is 12.8 Å². The van der Waals surface area contributed by atoms with E-state index < -0.39 is 0 Å². The Kier molecular flexibility index (Phi) is 4.35. The first kappa shape index (κ1) is 16.3. The Morgan fingerprint density at radius 1 is 1.15 bits per heavy atom. The van der Waals surface area contributed by atoms with E-state index in [1.165, 1.54) is 16.3 Å². The van der Waals surface area contributed by atoms with Crippen LogP contribution in [0.5, 0.6) is 0 Å². The van der Waals surface area contributed by atoms with Crippen LogP contribution < -0.4 is 5.32 Å². The van der Waals surface area contributed by atoms with E-state index in [1.54, 1.807) is 18.7 Å². The van der Waals surface area contributed by atoms with Gasteiger partial charge in [0, 0.05) is 19.0 Å². The molecule has 0 aliphatic rings. The molecular formula is C21H20N4O. The second kappa shape index (κ2) is 6.96. The van der Waals surface area contributed by atoms with Crippen molar-refractivity contribution in [1.82, 2.24) is 19.9 Å². The van der Waals surface area contributed by atoms with Gasteiger partial charge >= 0.3 is 0 Å². The number of hydrogen-bond acceptors (Lipinski definition) is 3. The van der Waals surface area contributed by atoms with Crippen LogP contribution in [0.15, 0.2) is 67.3 Å². The first-order chi connectivity index (χ1) is 12.7. The highest BCUT2D eigenvalue weighted by Crippen LogP contribution is 2.22.